The van der Waals surface area contributed by atoms with Gasteiger partial charge in [0.05, 0.1) is 31.5 Å². The molecule has 70 heavy (non-hydrogen) atoms. The Bertz CT molecular complexity index is 2440. The number of thioether (sulfide) groups is 1. The van der Waals surface area contributed by atoms with Crippen LogP contribution in [0.3, 0.4) is 0 Å². The minimum absolute atomic E-state index is 0.00322. The van der Waals surface area contributed by atoms with E-state index in [1.54, 1.807) is 22.7 Å². The van der Waals surface area contributed by atoms with Crippen molar-refractivity contribution in [2.45, 2.75) is 107 Å². The zero-order valence-electron chi connectivity index (χ0n) is 40.9. The fourth-order valence-electron chi connectivity index (χ4n) is 10.3. The summed E-state index contributed by atoms with van der Waals surface area (Å²) in [5.74, 6) is 0.937. The van der Waals surface area contributed by atoms with Crippen LogP contribution in [-0.4, -0.2) is 90.4 Å². The van der Waals surface area contributed by atoms with Gasteiger partial charge in [-0.15, -0.1) is 18.3 Å². The van der Waals surface area contributed by atoms with Crippen molar-refractivity contribution in [2.75, 3.05) is 46.1 Å². The summed E-state index contributed by atoms with van der Waals surface area (Å²) < 4.78 is 44.9. The van der Waals surface area contributed by atoms with Crippen molar-refractivity contribution in [1.29, 1.82) is 0 Å². The lowest BCUT2D eigenvalue weighted by atomic mass is 9.55. The summed E-state index contributed by atoms with van der Waals surface area (Å²) in [7, 11) is 0. The van der Waals surface area contributed by atoms with E-state index in [4.69, 9.17) is 43.2 Å². The van der Waals surface area contributed by atoms with Gasteiger partial charge >= 0.3 is 6.09 Å². The number of unbranched alkanes of at least 4 members (excludes halogenated alkanes) is 2. The summed E-state index contributed by atoms with van der Waals surface area (Å²) in [6.45, 7) is 11.0. The molecular formula is C56H68N2O11S. The summed E-state index contributed by atoms with van der Waals surface area (Å²) in [5.41, 5.74) is 3.71. The van der Waals surface area contributed by atoms with Crippen LogP contribution in [0.5, 0.6) is 28.7 Å². The molecule has 4 aromatic carbocycles. The molecule has 2 N–H and O–H groups in total. The molecule has 1 saturated carbocycles. The van der Waals surface area contributed by atoms with Gasteiger partial charge in [-0.2, -0.15) is 0 Å². The van der Waals surface area contributed by atoms with Gasteiger partial charge in [-0.05, 0) is 136 Å². The Morgan fingerprint density at radius 2 is 1.63 bits per heavy atom. The Morgan fingerprint density at radius 1 is 0.886 bits per heavy atom. The molecule has 2 aliphatic heterocycles. The number of hydrogen-bond donors (Lipinski definition) is 2. The number of fused-ring (bicyclic) bond motifs is 3. The van der Waals surface area contributed by atoms with Crippen LogP contribution in [0.25, 0.3) is 0 Å². The van der Waals surface area contributed by atoms with E-state index in [1.807, 2.05) is 112 Å². The second-order valence-electron chi connectivity index (χ2n) is 19.2. The Hall–Kier alpha value is -5.51. The van der Waals surface area contributed by atoms with E-state index in [0.717, 1.165) is 52.8 Å². The van der Waals surface area contributed by atoms with Gasteiger partial charge in [0.2, 0.25) is 12.6 Å². The van der Waals surface area contributed by atoms with Crippen molar-refractivity contribution in [2.24, 2.45) is 22.9 Å². The van der Waals surface area contributed by atoms with E-state index in [-0.39, 0.29) is 70.5 Å². The van der Waals surface area contributed by atoms with Crippen LogP contribution in [0.15, 0.2) is 125 Å². The molecule has 0 bridgehead atoms. The molecule has 0 unspecified atom stereocenters. The third kappa shape index (κ3) is 12.0. The van der Waals surface area contributed by atoms with Crippen LogP contribution in [0.1, 0.15) is 88.3 Å². The van der Waals surface area contributed by atoms with Crippen LogP contribution >= 0.6 is 11.8 Å². The number of amides is 1. The molecule has 1 amide bonds. The topological polar surface area (TPSA) is 147 Å². The Balaban J connectivity index is 1.28. The number of oxime groups is 1. The molecule has 4 aliphatic rings. The van der Waals surface area contributed by atoms with Gasteiger partial charge in [-0.25, -0.2) is 4.79 Å². The third-order valence-electron chi connectivity index (χ3n) is 13.3. The van der Waals surface area contributed by atoms with Crippen LogP contribution in [0.2, 0.25) is 0 Å². The fraction of sp³-hybridized carbons (Fsp3) is 0.464. The normalized spacial score (nSPS) is 22.6. The number of carbonyl (C=O) groups excluding carboxylic acids is 1. The fourth-order valence-corrected chi connectivity index (χ4v) is 10.7. The molecule has 0 saturated heterocycles. The highest BCUT2D eigenvalue weighted by Crippen LogP contribution is 2.62. The summed E-state index contributed by atoms with van der Waals surface area (Å²) in [6.07, 6.45) is 10.2. The molecule has 0 spiro atoms. The van der Waals surface area contributed by atoms with E-state index >= 15 is 4.79 Å². The monoisotopic (exact) mass is 976 g/mol. The van der Waals surface area contributed by atoms with E-state index in [1.165, 1.54) is 0 Å². The zero-order chi connectivity index (χ0) is 49.1. The number of rotatable bonds is 23. The van der Waals surface area contributed by atoms with Gasteiger partial charge in [-0.1, -0.05) is 66.5 Å². The predicted octanol–water partition coefficient (Wildman–Crippen LogP) is 11.2. The minimum Gasteiger partial charge on any atom is -0.459 e. The summed E-state index contributed by atoms with van der Waals surface area (Å²) in [4.78, 5) is 24.3. The molecule has 2 heterocycles. The molecule has 6 atom stereocenters. The SMILES string of the molecule is C=CCO[C@@]12Oc3ccc(Oc4ccc(SC)cc4)cc3[C@H]3[C@H](CCCCO)[C@@H](CCCCO)C=C(C(=NOC(C)(C)C)C[C@@H]1N(Cc1ccc4c(c1)OCO4)C(=O)OCCOCc1ccccc1)[C@H]32. The van der Waals surface area contributed by atoms with Crippen molar-refractivity contribution in [3.8, 4) is 28.7 Å². The molecule has 4 aromatic rings. The maximum atomic E-state index is 15.1. The second kappa shape index (κ2) is 23.6. The molecule has 374 valence electrons. The second-order valence-corrected chi connectivity index (χ2v) is 20.1. The average Bonchev–Trinajstić information content (AvgIpc) is 3.84. The number of aliphatic hydroxyl groups excluding tert-OH is 2. The first-order valence-corrected chi connectivity index (χ1v) is 25.8. The average molecular weight is 977 g/mol. The van der Waals surface area contributed by atoms with Crippen molar-refractivity contribution < 1.29 is 53.0 Å². The highest BCUT2D eigenvalue weighted by Gasteiger charge is 2.66. The molecule has 13 nitrogen and oxygen atoms in total. The van der Waals surface area contributed by atoms with Gasteiger partial charge in [0, 0.05) is 42.6 Å². The summed E-state index contributed by atoms with van der Waals surface area (Å²) >= 11 is 1.67. The lowest BCUT2D eigenvalue weighted by Crippen LogP contribution is -2.70. The van der Waals surface area contributed by atoms with Crippen molar-refractivity contribution in [3.63, 3.8) is 0 Å². The molecule has 0 aromatic heterocycles. The molecule has 2 aliphatic carbocycles. The lowest BCUT2D eigenvalue weighted by Gasteiger charge is -2.60. The molecular weight excluding hydrogens is 909 g/mol. The number of benzene rings is 4. The van der Waals surface area contributed by atoms with Gasteiger partial charge in [0.25, 0.3) is 0 Å². The van der Waals surface area contributed by atoms with E-state index in [0.29, 0.717) is 53.9 Å². The first-order chi connectivity index (χ1) is 34.0. The number of hydrogen-bond acceptors (Lipinski definition) is 13. The zero-order valence-corrected chi connectivity index (χ0v) is 41.7. The first kappa shape index (κ1) is 50.9. The maximum Gasteiger partial charge on any atom is 0.410 e. The summed E-state index contributed by atoms with van der Waals surface area (Å²) in [6, 6.07) is 28.7. The molecule has 1 fully saturated rings. The Morgan fingerprint density at radius 3 is 2.37 bits per heavy atom. The van der Waals surface area contributed by atoms with Crippen LogP contribution in [0.4, 0.5) is 4.79 Å². The van der Waals surface area contributed by atoms with Crippen LogP contribution < -0.4 is 18.9 Å². The van der Waals surface area contributed by atoms with Crippen molar-refractivity contribution in [3.05, 3.63) is 132 Å². The lowest BCUT2D eigenvalue weighted by molar-refractivity contribution is -0.256. The maximum absolute atomic E-state index is 15.1. The van der Waals surface area contributed by atoms with E-state index < -0.39 is 29.4 Å². The highest BCUT2D eigenvalue weighted by atomic mass is 32.2. The predicted molar refractivity (Wildman–Crippen MR) is 270 cm³/mol. The molecule has 8 rings (SSSR count). The summed E-state index contributed by atoms with van der Waals surface area (Å²) in [5, 5.41) is 25.1. The van der Waals surface area contributed by atoms with Crippen LogP contribution in [0, 0.1) is 17.8 Å². The van der Waals surface area contributed by atoms with Gasteiger partial charge < -0.3 is 48.2 Å². The van der Waals surface area contributed by atoms with Crippen molar-refractivity contribution in [1.82, 2.24) is 4.90 Å². The van der Waals surface area contributed by atoms with Crippen molar-refractivity contribution >= 4 is 23.6 Å². The standard InChI is InChI=1S/C56H68N2O11S/c1-6-28-66-56-51(58(35-39-18-24-49-50(31-39)65-37-64-49)54(61)63-30-29-62-36-38-14-8-7-9-15-38)34-47(57-69-55(2,3)4)45-32-40(16-10-12-26-59)44(17-11-13-27-60)52(53(45)56)46-33-42(21-25-48(46)68-56)67-41-19-22-43(70-5)23-20-41/h6-9,14-15,18-25,31-33,40,44,51-53,59-60H,1,10-13,16-17,26-30,34-37H2,2-5H3/t40-,44+,51-,52+,53+,56+/m0/s1. The number of nitrogens with zero attached hydrogens (tertiary/aromatic N) is 2. The first-order valence-electron chi connectivity index (χ1n) is 24.6. The third-order valence-corrected chi connectivity index (χ3v) is 14.1. The smallest absolute Gasteiger partial charge is 0.410 e. The quantitative estimate of drug-likeness (QED) is 0.0316. The van der Waals surface area contributed by atoms with Gasteiger partial charge in [-0.3, -0.25) is 4.90 Å². The highest BCUT2D eigenvalue weighted by molar-refractivity contribution is 7.98. The number of aliphatic hydroxyl groups is 2. The van der Waals surface area contributed by atoms with Gasteiger partial charge in [0.1, 0.15) is 35.5 Å². The Kier molecular flexibility index (Phi) is 17.2. The van der Waals surface area contributed by atoms with Gasteiger partial charge in [0.15, 0.2) is 11.5 Å². The Labute approximate surface area is 416 Å². The number of allylic oxidation sites excluding steroid dienone is 1. The molecule has 0 radical (unpaired) electrons. The number of ether oxygens (including phenoxy) is 7. The largest absolute Gasteiger partial charge is 0.459 e. The van der Waals surface area contributed by atoms with E-state index in [9.17, 15) is 10.2 Å². The molecule has 14 heteroatoms. The number of carbonyl (C=O) groups is 1. The minimum atomic E-state index is -1.51. The van der Waals surface area contributed by atoms with Crippen LogP contribution in [-0.2, 0) is 32.2 Å². The van der Waals surface area contributed by atoms with E-state index in [2.05, 4.69) is 18.7 Å².